The van der Waals surface area contributed by atoms with Crippen molar-refractivity contribution < 1.29 is 9.59 Å². The van der Waals surface area contributed by atoms with Crippen LogP contribution in [0.25, 0.3) is 0 Å². The molecule has 2 amide bonds. The van der Waals surface area contributed by atoms with Gasteiger partial charge in [-0.3, -0.25) is 9.59 Å². The van der Waals surface area contributed by atoms with E-state index in [4.69, 9.17) is 0 Å². The summed E-state index contributed by atoms with van der Waals surface area (Å²) in [5.41, 5.74) is 0. The van der Waals surface area contributed by atoms with E-state index in [1.165, 1.54) is 11.9 Å². The Kier molecular flexibility index (Phi) is 3.57. The Bertz CT molecular complexity index is 166. The number of nitrogens with zero attached hydrogens (tertiary/aromatic N) is 1. The molecule has 0 bridgehead atoms. The predicted molar refractivity (Wildman–Crippen MR) is 42.0 cm³/mol. The molecule has 0 aliphatic heterocycles. The SMILES string of the molecule is CNC(=O)C(=O)N(C)C(C)C. The number of rotatable bonds is 1. The number of hydrogen-bond acceptors (Lipinski definition) is 2. The lowest BCUT2D eigenvalue weighted by atomic mass is 10.3. The second kappa shape index (κ2) is 3.95. The summed E-state index contributed by atoms with van der Waals surface area (Å²) in [6.45, 7) is 3.70. The van der Waals surface area contributed by atoms with Crippen LogP contribution >= 0.6 is 0 Å². The van der Waals surface area contributed by atoms with E-state index in [-0.39, 0.29) is 6.04 Å². The van der Waals surface area contributed by atoms with Crippen LogP contribution < -0.4 is 5.32 Å². The molecule has 0 spiro atoms. The molecule has 0 aromatic heterocycles. The standard InChI is InChI=1S/C7H14N2O2/c1-5(2)9(4)7(11)6(10)8-3/h5H,1-4H3,(H,8,10). The van der Waals surface area contributed by atoms with Crippen LogP contribution in [-0.2, 0) is 9.59 Å². The first kappa shape index (κ1) is 9.94. The van der Waals surface area contributed by atoms with Gasteiger partial charge in [0.15, 0.2) is 0 Å². The lowest BCUT2D eigenvalue weighted by molar-refractivity contribution is -0.145. The molecule has 4 nitrogen and oxygen atoms in total. The van der Waals surface area contributed by atoms with Crippen molar-refractivity contribution in [1.29, 1.82) is 0 Å². The van der Waals surface area contributed by atoms with E-state index in [0.29, 0.717) is 0 Å². The Morgan fingerprint density at radius 3 is 2.09 bits per heavy atom. The summed E-state index contributed by atoms with van der Waals surface area (Å²) in [4.78, 5) is 23.2. The summed E-state index contributed by atoms with van der Waals surface area (Å²) in [7, 11) is 3.04. The molecule has 0 radical (unpaired) electrons. The van der Waals surface area contributed by atoms with Crippen molar-refractivity contribution >= 4 is 11.8 Å². The summed E-state index contributed by atoms with van der Waals surface area (Å²) in [5.74, 6) is -1.07. The highest BCUT2D eigenvalue weighted by atomic mass is 16.2. The van der Waals surface area contributed by atoms with Crippen LogP contribution in [0.15, 0.2) is 0 Å². The first-order chi connectivity index (χ1) is 5.00. The first-order valence-corrected chi connectivity index (χ1v) is 3.49. The highest BCUT2D eigenvalue weighted by Crippen LogP contribution is 1.93. The number of nitrogens with one attached hydrogen (secondary N) is 1. The van der Waals surface area contributed by atoms with Crippen molar-refractivity contribution in [3.8, 4) is 0 Å². The second-order valence-corrected chi connectivity index (χ2v) is 2.59. The molecule has 11 heavy (non-hydrogen) atoms. The fraction of sp³-hybridized carbons (Fsp3) is 0.714. The molecule has 0 fully saturated rings. The average molecular weight is 158 g/mol. The van der Waals surface area contributed by atoms with Gasteiger partial charge in [-0.1, -0.05) is 0 Å². The summed E-state index contributed by atoms with van der Waals surface area (Å²) >= 11 is 0. The fourth-order valence-corrected chi connectivity index (χ4v) is 0.502. The largest absolute Gasteiger partial charge is 0.351 e. The van der Waals surface area contributed by atoms with E-state index in [2.05, 4.69) is 5.32 Å². The Hall–Kier alpha value is -1.06. The van der Waals surface area contributed by atoms with Crippen LogP contribution in [0, 0.1) is 0 Å². The zero-order valence-electron chi connectivity index (χ0n) is 7.34. The molecule has 0 aliphatic carbocycles. The predicted octanol–water partition coefficient (Wildman–Crippen LogP) is -0.401. The molecule has 0 unspecified atom stereocenters. The Morgan fingerprint density at radius 1 is 1.36 bits per heavy atom. The molecule has 0 saturated carbocycles. The molecular formula is C7H14N2O2. The lowest BCUT2D eigenvalue weighted by Gasteiger charge is -2.19. The van der Waals surface area contributed by atoms with Gasteiger partial charge in [-0.15, -0.1) is 0 Å². The minimum absolute atomic E-state index is 0.0554. The van der Waals surface area contributed by atoms with E-state index in [0.717, 1.165) is 0 Å². The van der Waals surface area contributed by atoms with Crippen molar-refractivity contribution in [3.05, 3.63) is 0 Å². The van der Waals surface area contributed by atoms with Gasteiger partial charge in [0.2, 0.25) is 0 Å². The molecular weight excluding hydrogens is 144 g/mol. The van der Waals surface area contributed by atoms with Crippen LogP contribution in [0.2, 0.25) is 0 Å². The van der Waals surface area contributed by atoms with Gasteiger partial charge in [0.05, 0.1) is 0 Å². The molecule has 0 aromatic carbocycles. The van der Waals surface area contributed by atoms with Gasteiger partial charge in [0, 0.05) is 20.1 Å². The van der Waals surface area contributed by atoms with Gasteiger partial charge in [-0.05, 0) is 13.8 Å². The molecule has 0 saturated heterocycles. The quantitative estimate of drug-likeness (QED) is 0.528. The van der Waals surface area contributed by atoms with E-state index < -0.39 is 11.8 Å². The van der Waals surface area contributed by atoms with E-state index in [1.807, 2.05) is 13.8 Å². The molecule has 0 aromatic rings. The number of carbonyl (C=O) groups excluding carboxylic acids is 2. The van der Waals surface area contributed by atoms with Crippen molar-refractivity contribution in [1.82, 2.24) is 10.2 Å². The molecule has 0 aliphatic rings. The van der Waals surface area contributed by atoms with Crippen molar-refractivity contribution in [2.75, 3.05) is 14.1 Å². The normalized spacial score (nSPS) is 9.55. The highest BCUT2D eigenvalue weighted by Gasteiger charge is 2.18. The molecule has 1 N–H and O–H groups in total. The van der Waals surface area contributed by atoms with Crippen LogP contribution in [0.1, 0.15) is 13.8 Å². The van der Waals surface area contributed by atoms with Crippen molar-refractivity contribution in [2.45, 2.75) is 19.9 Å². The van der Waals surface area contributed by atoms with Crippen molar-refractivity contribution in [2.24, 2.45) is 0 Å². The summed E-state index contributed by atoms with van der Waals surface area (Å²) in [6.07, 6.45) is 0. The Balaban J connectivity index is 4.14. The fourth-order valence-electron chi connectivity index (χ4n) is 0.502. The van der Waals surface area contributed by atoms with Gasteiger partial charge >= 0.3 is 11.8 Å². The monoisotopic (exact) mass is 158 g/mol. The third kappa shape index (κ3) is 2.57. The number of likely N-dealkylation sites (N-methyl/N-ethyl adjacent to an activating group) is 2. The average Bonchev–Trinajstić information content (AvgIpc) is 2.00. The molecule has 4 heteroatoms. The maximum Gasteiger partial charge on any atom is 0.311 e. The topological polar surface area (TPSA) is 49.4 Å². The molecule has 64 valence electrons. The van der Waals surface area contributed by atoms with Crippen LogP contribution in [0.4, 0.5) is 0 Å². The van der Waals surface area contributed by atoms with E-state index in [1.54, 1.807) is 7.05 Å². The lowest BCUT2D eigenvalue weighted by Crippen LogP contribution is -2.42. The first-order valence-electron chi connectivity index (χ1n) is 3.49. The summed E-state index contributed by atoms with van der Waals surface area (Å²) in [5, 5.41) is 2.27. The van der Waals surface area contributed by atoms with Crippen LogP contribution in [0.5, 0.6) is 0 Å². The summed E-state index contributed by atoms with van der Waals surface area (Å²) in [6, 6.07) is 0.0554. The van der Waals surface area contributed by atoms with E-state index >= 15 is 0 Å². The van der Waals surface area contributed by atoms with Crippen molar-refractivity contribution in [3.63, 3.8) is 0 Å². The number of amides is 2. The maximum absolute atomic E-state index is 11.0. The minimum atomic E-state index is -0.568. The Labute approximate surface area is 66.6 Å². The third-order valence-corrected chi connectivity index (χ3v) is 1.52. The zero-order valence-corrected chi connectivity index (χ0v) is 7.34. The van der Waals surface area contributed by atoms with Gasteiger partial charge in [-0.2, -0.15) is 0 Å². The third-order valence-electron chi connectivity index (χ3n) is 1.52. The van der Waals surface area contributed by atoms with E-state index in [9.17, 15) is 9.59 Å². The van der Waals surface area contributed by atoms with Crippen LogP contribution in [-0.4, -0.2) is 36.9 Å². The zero-order chi connectivity index (χ0) is 9.02. The Morgan fingerprint density at radius 2 is 1.82 bits per heavy atom. The maximum atomic E-state index is 11.0. The minimum Gasteiger partial charge on any atom is -0.351 e. The second-order valence-electron chi connectivity index (χ2n) is 2.59. The number of hydrogen-bond donors (Lipinski definition) is 1. The van der Waals surface area contributed by atoms with Gasteiger partial charge < -0.3 is 10.2 Å². The highest BCUT2D eigenvalue weighted by molar-refractivity contribution is 6.34. The summed E-state index contributed by atoms with van der Waals surface area (Å²) < 4.78 is 0. The van der Waals surface area contributed by atoms with Gasteiger partial charge in [0.25, 0.3) is 0 Å². The smallest absolute Gasteiger partial charge is 0.311 e. The number of carbonyl (C=O) groups is 2. The molecule has 0 rings (SSSR count). The molecule has 0 atom stereocenters. The van der Waals surface area contributed by atoms with Gasteiger partial charge in [0.1, 0.15) is 0 Å². The molecule has 0 heterocycles. The van der Waals surface area contributed by atoms with Crippen LogP contribution in [0.3, 0.4) is 0 Å². The van der Waals surface area contributed by atoms with Gasteiger partial charge in [-0.25, -0.2) is 0 Å².